The van der Waals surface area contributed by atoms with Gasteiger partial charge in [0.05, 0.1) is 16.3 Å². The van der Waals surface area contributed by atoms with Crippen molar-refractivity contribution in [2.45, 2.75) is 4.90 Å². The van der Waals surface area contributed by atoms with E-state index in [2.05, 4.69) is 10.9 Å². The van der Waals surface area contributed by atoms with Crippen LogP contribution in [0.15, 0.2) is 47.4 Å². The van der Waals surface area contributed by atoms with Crippen LogP contribution in [0.1, 0.15) is 10.4 Å². The first kappa shape index (κ1) is 17.6. The Morgan fingerprint density at radius 2 is 1.83 bits per heavy atom. The van der Waals surface area contributed by atoms with Crippen LogP contribution in [0, 0.1) is 5.82 Å². The molecule has 2 amide bonds. The molecule has 0 saturated heterocycles. The molecule has 2 rings (SSSR count). The molecule has 0 bridgehead atoms. The van der Waals surface area contributed by atoms with E-state index in [1.54, 1.807) is 18.2 Å². The minimum atomic E-state index is -0.734. The van der Waals surface area contributed by atoms with E-state index in [9.17, 15) is 14.0 Å². The van der Waals surface area contributed by atoms with Crippen LogP contribution in [0.4, 0.5) is 4.39 Å². The van der Waals surface area contributed by atoms with E-state index in [0.717, 1.165) is 6.07 Å². The number of nitrogens with one attached hydrogen (secondary N) is 2. The maximum absolute atomic E-state index is 13.4. The van der Waals surface area contributed by atoms with Gasteiger partial charge in [0.1, 0.15) is 5.82 Å². The zero-order valence-corrected chi connectivity index (χ0v) is 13.9. The average Bonchev–Trinajstić information content (AvgIpc) is 2.54. The number of thioether (sulfide) groups is 1. The van der Waals surface area contributed by atoms with Crippen LogP contribution in [0.25, 0.3) is 0 Å². The van der Waals surface area contributed by atoms with Crippen molar-refractivity contribution in [2.75, 3.05) is 5.75 Å². The van der Waals surface area contributed by atoms with E-state index >= 15 is 0 Å². The summed E-state index contributed by atoms with van der Waals surface area (Å²) in [5.74, 6) is -1.85. The Balaban J connectivity index is 1.85. The fourth-order valence-corrected chi connectivity index (χ4v) is 2.90. The van der Waals surface area contributed by atoms with Gasteiger partial charge in [0.2, 0.25) is 5.91 Å². The minimum absolute atomic E-state index is 0.0115. The third-order valence-electron chi connectivity index (χ3n) is 2.69. The molecule has 0 spiro atoms. The molecule has 23 heavy (non-hydrogen) atoms. The monoisotopic (exact) mass is 372 g/mol. The lowest BCUT2D eigenvalue weighted by Gasteiger charge is -2.08. The van der Waals surface area contributed by atoms with E-state index in [4.69, 9.17) is 23.2 Å². The Bertz CT molecular complexity index is 743. The molecule has 2 N–H and O–H groups in total. The highest BCUT2D eigenvalue weighted by atomic mass is 35.5. The SMILES string of the molecule is O=C(CSc1cc(Cl)ccc1Cl)NNC(=O)c1ccccc1F. The highest BCUT2D eigenvalue weighted by Gasteiger charge is 2.12. The molecule has 0 saturated carbocycles. The molecule has 8 heteroatoms. The van der Waals surface area contributed by atoms with Crippen LogP contribution >= 0.6 is 35.0 Å². The average molecular weight is 373 g/mol. The molecule has 0 fully saturated rings. The molecule has 120 valence electrons. The van der Waals surface area contributed by atoms with Gasteiger partial charge in [-0.25, -0.2) is 4.39 Å². The molecule has 0 heterocycles. The van der Waals surface area contributed by atoms with Crippen LogP contribution in [0.5, 0.6) is 0 Å². The van der Waals surface area contributed by atoms with E-state index in [-0.39, 0.29) is 11.3 Å². The number of carbonyl (C=O) groups is 2. The maximum Gasteiger partial charge on any atom is 0.272 e. The lowest BCUT2D eigenvalue weighted by Crippen LogP contribution is -2.42. The van der Waals surface area contributed by atoms with E-state index in [1.165, 1.54) is 30.0 Å². The lowest BCUT2D eigenvalue weighted by molar-refractivity contribution is -0.119. The number of hydrazine groups is 1. The van der Waals surface area contributed by atoms with Gasteiger partial charge in [-0.1, -0.05) is 35.3 Å². The third kappa shape index (κ3) is 5.13. The summed E-state index contributed by atoms with van der Waals surface area (Å²) in [7, 11) is 0. The van der Waals surface area contributed by atoms with E-state index in [1.807, 2.05) is 0 Å². The Morgan fingerprint density at radius 1 is 1.09 bits per heavy atom. The maximum atomic E-state index is 13.4. The van der Waals surface area contributed by atoms with Gasteiger partial charge in [-0.05, 0) is 30.3 Å². The normalized spacial score (nSPS) is 10.2. The number of carbonyl (C=O) groups excluding carboxylic acids is 2. The van der Waals surface area contributed by atoms with Crippen molar-refractivity contribution in [1.82, 2.24) is 10.9 Å². The Hall–Kier alpha value is -1.76. The number of halogens is 3. The number of rotatable bonds is 4. The molecule has 0 aromatic heterocycles. The fourth-order valence-electron chi connectivity index (χ4n) is 1.61. The second kappa shape index (κ2) is 8.19. The minimum Gasteiger partial charge on any atom is -0.272 e. The first-order chi connectivity index (χ1) is 11.0. The van der Waals surface area contributed by atoms with E-state index < -0.39 is 17.6 Å². The van der Waals surface area contributed by atoms with Crippen LogP contribution in [-0.4, -0.2) is 17.6 Å². The summed E-state index contributed by atoms with van der Waals surface area (Å²) in [6.07, 6.45) is 0. The molecular formula is C15H11Cl2FN2O2S. The number of hydrogen-bond acceptors (Lipinski definition) is 3. The summed E-state index contributed by atoms with van der Waals surface area (Å²) in [5.41, 5.74) is 4.21. The summed E-state index contributed by atoms with van der Waals surface area (Å²) in [6.45, 7) is 0. The molecule has 0 radical (unpaired) electrons. The van der Waals surface area contributed by atoms with Crippen molar-refractivity contribution in [3.63, 3.8) is 0 Å². The van der Waals surface area contributed by atoms with Crippen LogP contribution in [0.2, 0.25) is 10.0 Å². The number of benzene rings is 2. The van der Waals surface area contributed by atoms with Gasteiger partial charge in [0, 0.05) is 9.92 Å². The topological polar surface area (TPSA) is 58.2 Å². The Morgan fingerprint density at radius 3 is 2.57 bits per heavy atom. The van der Waals surface area contributed by atoms with Crippen LogP contribution < -0.4 is 10.9 Å². The van der Waals surface area contributed by atoms with E-state index in [0.29, 0.717) is 14.9 Å². The summed E-state index contributed by atoms with van der Waals surface area (Å²) < 4.78 is 13.4. The standard InChI is InChI=1S/C15H11Cl2FN2O2S/c16-9-5-6-11(17)13(7-9)23-8-14(21)19-20-15(22)10-3-1-2-4-12(10)18/h1-7H,8H2,(H,19,21)(H,20,22). The van der Waals surface area contributed by atoms with Crippen LogP contribution in [0.3, 0.4) is 0 Å². The molecule has 0 aliphatic heterocycles. The summed E-state index contributed by atoms with van der Waals surface area (Å²) in [4.78, 5) is 24.1. The largest absolute Gasteiger partial charge is 0.272 e. The van der Waals surface area contributed by atoms with Gasteiger partial charge in [0.15, 0.2) is 0 Å². The van der Waals surface area contributed by atoms with Crippen LogP contribution in [-0.2, 0) is 4.79 Å². The summed E-state index contributed by atoms with van der Waals surface area (Å²) >= 11 is 13.0. The van der Waals surface area contributed by atoms with Crippen molar-refractivity contribution in [2.24, 2.45) is 0 Å². The Labute approximate surface area is 146 Å². The van der Waals surface area contributed by atoms with Crippen molar-refractivity contribution in [3.8, 4) is 0 Å². The second-order valence-corrected chi connectivity index (χ2v) is 6.21. The van der Waals surface area contributed by atoms with Gasteiger partial charge >= 0.3 is 0 Å². The Kier molecular flexibility index (Phi) is 6.27. The molecule has 0 aliphatic carbocycles. The van der Waals surface area contributed by atoms with Gasteiger partial charge in [-0.2, -0.15) is 0 Å². The summed E-state index contributed by atoms with van der Waals surface area (Å²) in [5, 5.41) is 0.979. The molecule has 0 unspecified atom stereocenters. The number of hydrogen-bond donors (Lipinski definition) is 2. The zero-order chi connectivity index (χ0) is 16.8. The van der Waals surface area contributed by atoms with Crippen molar-refractivity contribution >= 4 is 46.8 Å². The highest BCUT2D eigenvalue weighted by molar-refractivity contribution is 8.00. The predicted molar refractivity (Wildman–Crippen MR) is 89.2 cm³/mol. The molecule has 4 nitrogen and oxygen atoms in total. The zero-order valence-electron chi connectivity index (χ0n) is 11.6. The second-order valence-electron chi connectivity index (χ2n) is 4.35. The van der Waals surface area contributed by atoms with Crippen molar-refractivity contribution < 1.29 is 14.0 Å². The number of amides is 2. The summed E-state index contributed by atoms with van der Waals surface area (Å²) in [6, 6.07) is 10.4. The molecule has 0 aliphatic rings. The molecular weight excluding hydrogens is 362 g/mol. The molecule has 0 atom stereocenters. The molecule has 2 aromatic rings. The third-order valence-corrected chi connectivity index (χ3v) is 4.42. The lowest BCUT2D eigenvalue weighted by atomic mass is 10.2. The first-order valence-electron chi connectivity index (χ1n) is 6.39. The van der Waals surface area contributed by atoms with Gasteiger partial charge in [0.25, 0.3) is 5.91 Å². The quantitative estimate of drug-likeness (QED) is 0.635. The predicted octanol–water partition coefficient (Wildman–Crippen LogP) is 3.69. The van der Waals surface area contributed by atoms with Crippen molar-refractivity contribution in [1.29, 1.82) is 0 Å². The van der Waals surface area contributed by atoms with Gasteiger partial charge in [-0.3, -0.25) is 20.4 Å². The smallest absolute Gasteiger partial charge is 0.272 e. The fraction of sp³-hybridized carbons (Fsp3) is 0.0667. The molecule has 2 aromatic carbocycles. The highest BCUT2D eigenvalue weighted by Crippen LogP contribution is 2.29. The van der Waals surface area contributed by atoms with Gasteiger partial charge in [-0.15, -0.1) is 11.8 Å². The first-order valence-corrected chi connectivity index (χ1v) is 8.13. The van der Waals surface area contributed by atoms with Crippen molar-refractivity contribution in [3.05, 3.63) is 63.9 Å². The van der Waals surface area contributed by atoms with Gasteiger partial charge < -0.3 is 0 Å².